The number of nitrogens with zero attached hydrogens (tertiary/aromatic N) is 4. The average Bonchev–Trinajstić information content (AvgIpc) is 3.30. The quantitative estimate of drug-likeness (QED) is 0.699. The van der Waals surface area contributed by atoms with Gasteiger partial charge in [0.05, 0.1) is 30.5 Å². The number of hydrogen-bond donors (Lipinski definition) is 2. The van der Waals surface area contributed by atoms with Crippen molar-refractivity contribution in [2.45, 2.75) is 31.5 Å². The van der Waals surface area contributed by atoms with E-state index in [-0.39, 0.29) is 18.3 Å². The molecule has 8 nitrogen and oxygen atoms in total. The highest BCUT2D eigenvalue weighted by atomic mass is 16.5. The van der Waals surface area contributed by atoms with E-state index in [0.29, 0.717) is 13.2 Å². The molecule has 3 heterocycles. The number of ether oxygens (including phenoxy) is 2. The maximum absolute atomic E-state index is 9.38. The fraction of sp³-hybridized carbons (Fsp3) is 0.450. The van der Waals surface area contributed by atoms with Gasteiger partial charge in [0.1, 0.15) is 29.2 Å². The van der Waals surface area contributed by atoms with Gasteiger partial charge in [0.15, 0.2) is 0 Å². The van der Waals surface area contributed by atoms with Gasteiger partial charge in [0.2, 0.25) is 0 Å². The van der Waals surface area contributed by atoms with Gasteiger partial charge in [0.25, 0.3) is 0 Å². The molecule has 1 saturated carbocycles. The average molecular weight is 381 g/mol. The maximum atomic E-state index is 9.38. The first-order valence-electron chi connectivity index (χ1n) is 9.60. The van der Waals surface area contributed by atoms with Crippen LogP contribution in [0.5, 0.6) is 5.75 Å². The standard InChI is InChI=1S/C20H23N5O3/c1-20(4-5-20)28-13-2-3-16-15(8-13)19(24-23-16)17-9-18(22-12-21-17)25-6-7-27-14(10-25)11-26/h2-3,8-9,12,14,26H,4-7,10-11H2,1H3,(H,23,24)/t14-/m1/s1. The molecule has 1 atom stereocenters. The largest absolute Gasteiger partial charge is 0.488 e. The number of aromatic nitrogens is 4. The summed E-state index contributed by atoms with van der Waals surface area (Å²) in [6.45, 7) is 4.03. The summed E-state index contributed by atoms with van der Waals surface area (Å²) in [6, 6.07) is 7.92. The summed E-state index contributed by atoms with van der Waals surface area (Å²) in [6.07, 6.45) is 3.54. The first-order chi connectivity index (χ1) is 13.6. The highest BCUT2D eigenvalue weighted by Crippen LogP contribution is 2.40. The molecule has 2 N–H and O–H groups in total. The summed E-state index contributed by atoms with van der Waals surface area (Å²) in [5.74, 6) is 1.66. The lowest BCUT2D eigenvalue weighted by molar-refractivity contribution is 0.00336. The highest BCUT2D eigenvalue weighted by molar-refractivity contribution is 5.93. The number of aliphatic hydroxyl groups excluding tert-OH is 1. The molecule has 1 saturated heterocycles. The van der Waals surface area contributed by atoms with E-state index in [2.05, 4.69) is 32.0 Å². The molecule has 0 bridgehead atoms. The second-order valence-electron chi connectivity index (χ2n) is 7.71. The molecule has 3 aromatic rings. The van der Waals surface area contributed by atoms with Crippen molar-refractivity contribution >= 4 is 16.7 Å². The molecule has 8 heteroatoms. The van der Waals surface area contributed by atoms with Crippen molar-refractivity contribution in [3.8, 4) is 17.1 Å². The van der Waals surface area contributed by atoms with Crippen LogP contribution in [0.4, 0.5) is 5.82 Å². The minimum Gasteiger partial charge on any atom is -0.488 e. The molecule has 1 aliphatic carbocycles. The Bertz CT molecular complexity index is 1000. The van der Waals surface area contributed by atoms with Gasteiger partial charge in [-0.15, -0.1) is 0 Å². The molecule has 28 heavy (non-hydrogen) atoms. The van der Waals surface area contributed by atoms with Crippen LogP contribution in [0.1, 0.15) is 19.8 Å². The topological polar surface area (TPSA) is 96.4 Å². The van der Waals surface area contributed by atoms with Crippen LogP contribution in [-0.4, -0.2) is 63.3 Å². The third kappa shape index (κ3) is 3.29. The first-order valence-corrected chi connectivity index (χ1v) is 9.60. The predicted molar refractivity (Wildman–Crippen MR) is 104 cm³/mol. The van der Waals surface area contributed by atoms with Crippen LogP contribution in [0.25, 0.3) is 22.3 Å². The van der Waals surface area contributed by atoms with Crippen LogP contribution < -0.4 is 9.64 Å². The molecular formula is C20H23N5O3. The van der Waals surface area contributed by atoms with E-state index in [1.54, 1.807) is 6.33 Å². The summed E-state index contributed by atoms with van der Waals surface area (Å²) in [7, 11) is 0. The van der Waals surface area contributed by atoms with Gasteiger partial charge in [-0.25, -0.2) is 9.97 Å². The summed E-state index contributed by atoms with van der Waals surface area (Å²) in [5.41, 5.74) is 2.43. The van der Waals surface area contributed by atoms with Crippen molar-refractivity contribution in [3.05, 3.63) is 30.6 Å². The van der Waals surface area contributed by atoms with Gasteiger partial charge < -0.3 is 19.5 Å². The van der Waals surface area contributed by atoms with E-state index in [0.717, 1.165) is 53.2 Å². The molecule has 2 aliphatic rings. The zero-order chi connectivity index (χ0) is 19.1. The van der Waals surface area contributed by atoms with Gasteiger partial charge in [0, 0.05) is 24.5 Å². The Morgan fingerprint density at radius 1 is 1.32 bits per heavy atom. The number of fused-ring (bicyclic) bond motifs is 1. The van der Waals surface area contributed by atoms with Crippen LogP contribution in [0.2, 0.25) is 0 Å². The maximum Gasteiger partial charge on any atom is 0.132 e. The van der Waals surface area contributed by atoms with Gasteiger partial charge in [-0.05, 0) is 38.0 Å². The smallest absolute Gasteiger partial charge is 0.132 e. The molecule has 146 valence electrons. The van der Waals surface area contributed by atoms with Crippen molar-refractivity contribution in [2.75, 3.05) is 31.2 Å². The molecule has 0 radical (unpaired) electrons. The fourth-order valence-corrected chi connectivity index (χ4v) is 3.50. The summed E-state index contributed by atoms with van der Waals surface area (Å²) in [5, 5.41) is 17.9. The summed E-state index contributed by atoms with van der Waals surface area (Å²) < 4.78 is 11.6. The Balaban J connectivity index is 1.47. The first kappa shape index (κ1) is 17.4. The van der Waals surface area contributed by atoms with Crippen molar-refractivity contribution < 1.29 is 14.6 Å². The number of rotatable bonds is 5. The van der Waals surface area contributed by atoms with E-state index in [9.17, 15) is 5.11 Å². The van der Waals surface area contributed by atoms with Crippen LogP contribution in [0, 0.1) is 0 Å². The zero-order valence-corrected chi connectivity index (χ0v) is 15.8. The normalized spacial score (nSPS) is 21.1. The fourth-order valence-electron chi connectivity index (χ4n) is 3.50. The summed E-state index contributed by atoms with van der Waals surface area (Å²) >= 11 is 0. The SMILES string of the molecule is CC1(Oc2ccc3[nH]nc(-c4cc(N5CCO[C@@H](CO)C5)ncn4)c3c2)CC1. The minimum absolute atomic E-state index is 0.000140. The van der Waals surface area contributed by atoms with E-state index < -0.39 is 0 Å². The molecule has 0 amide bonds. The minimum atomic E-state index is -0.193. The molecule has 2 aromatic heterocycles. The predicted octanol–water partition coefficient (Wildman–Crippen LogP) is 2.15. The number of aliphatic hydroxyl groups is 1. The van der Waals surface area contributed by atoms with Crippen molar-refractivity contribution in [3.63, 3.8) is 0 Å². The number of anilines is 1. The molecule has 1 aliphatic heterocycles. The van der Waals surface area contributed by atoms with Gasteiger partial charge in [-0.3, -0.25) is 5.10 Å². The van der Waals surface area contributed by atoms with Crippen molar-refractivity contribution in [1.29, 1.82) is 0 Å². The lowest BCUT2D eigenvalue weighted by Crippen LogP contribution is -2.44. The number of morpholine rings is 1. The third-order valence-electron chi connectivity index (χ3n) is 5.41. The summed E-state index contributed by atoms with van der Waals surface area (Å²) in [4.78, 5) is 11.0. The number of nitrogens with one attached hydrogen (secondary N) is 1. The Morgan fingerprint density at radius 3 is 3.04 bits per heavy atom. The molecule has 0 unspecified atom stereocenters. The van der Waals surface area contributed by atoms with Crippen LogP contribution in [0.3, 0.4) is 0 Å². The number of hydrogen-bond acceptors (Lipinski definition) is 7. The number of H-pyrrole nitrogens is 1. The lowest BCUT2D eigenvalue weighted by atomic mass is 10.1. The van der Waals surface area contributed by atoms with E-state index in [4.69, 9.17) is 9.47 Å². The lowest BCUT2D eigenvalue weighted by Gasteiger charge is -2.32. The second kappa shape index (κ2) is 6.72. The van der Waals surface area contributed by atoms with Crippen molar-refractivity contribution in [2.24, 2.45) is 0 Å². The van der Waals surface area contributed by atoms with Gasteiger partial charge >= 0.3 is 0 Å². The number of aromatic amines is 1. The van der Waals surface area contributed by atoms with E-state index in [1.807, 2.05) is 24.3 Å². The zero-order valence-electron chi connectivity index (χ0n) is 15.8. The van der Waals surface area contributed by atoms with Crippen LogP contribution in [0.15, 0.2) is 30.6 Å². The molecule has 0 spiro atoms. The Morgan fingerprint density at radius 2 is 2.21 bits per heavy atom. The van der Waals surface area contributed by atoms with Crippen molar-refractivity contribution in [1.82, 2.24) is 20.2 Å². The monoisotopic (exact) mass is 381 g/mol. The Labute approximate surface area is 162 Å². The molecule has 1 aromatic carbocycles. The van der Waals surface area contributed by atoms with Gasteiger partial charge in [-0.1, -0.05) is 0 Å². The van der Waals surface area contributed by atoms with Crippen LogP contribution in [-0.2, 0) is 4.74 Å². The highest BCUT2D eigenvalue weighted by Gasteiger charge is 2.40. The number of benzene rings is 1. The van der Waals surface area contributed by atoms with Crippen LogP contribution >= 0.6 is 0 Å². The Kier molecular flexibility index (Phi) is 4.17. The second-order valence-corrected chi connectivity index (χ2v) is 7.71. The molecule has 5 rings (SSSR count). The molecular weight excluding hydrogens is 358 g/mol. The van der Waals surface area contributed by atoms with E-state index in [1.165, 1.54) is 0 Å². The third-order valence-corrected chi connectivity index (χ3v) is 5.41. The van der Waals surface area contributed by atoms with E-state index >= 15 is 0 Å². The molecule has 2 fully saturated rings. The van der Waals surface area contributed by atoms with Gasteiger partial charge in [-0.2, -0.15) is 5.10 Å². The Hall–Kier alpha value is -2.71.